The van der Waals surface area contributed by atoms with Gasteiger partial charge in [0, 0.05) is 19.3 Å². The minimum Gasteiger partial charge on any atom is -0.376 e. The number of hydrogen-bond acceptors (Lipinski definition) is 5. The lowest BCUT2D eigenvalue weighted by molar-refractivity contribution is -0.122. The molecule has 0 saturated carbocycles. The second-order valence-corrected chi connectivity index (χ2v) is 5.09. The highest BCUT2D eigenvalue weighted by Crippen LogP contribution is 2.10. The van der Waals surface area contributed by atoms with Gasteiger partial charge in [-0.25, -0.2) is 4.68 Å². The van der Waals surface area contributed by atoms with Crippen LogP contribution in [0.5, 0.6) is 0 Å². The van der Waals surface area contributed by atoms with E-state index in [4.69, 9.17) is 10.5 Å². The predicted molar refractivity (Wildman–Crippen MR) is 74.0 cm³/mol. The van der Waals surface area contributed by atoms with Crippen molar-refractivity contribution in [1.29, 1.82) is 0 Å². The van der Waals surface area contributed by atoms with Crippen LogP contribution in [-0.4, -0.2) is 46.7 Å². The highest BCUT2D eigenvalue weighted by Gasteiger charge is 2.16. The molecule has 1 atom stereocenters. The third-order valence-corrected chi connectivity index (χ3v) is 3.33. The first-order valence-electron chi connectivity index (χ1n) is 7.25. The van der Waals surface area contributed by atoms with E-state index in [1.807, 2.05) is 6.20 Å². The van der Waals surface area contributed by atoms with Crippen molar-refractivity contribution in [3.05, 3.63) is 11.9 Å². The molecule has 0 aliphatic carbocycles. The van der Waals surface area contributed by atoms with Crippen LogP contribution >= 0.6 is 0 Å². The number of carbonyl (C=O) groups excluding carboxylic acids is 1. The molecular weight excluding hydrogens is 258 g/mol. The Bertz CT molecular complexity index is 415. The Morgan fingerprint density at radius 3 is 3.20 bits per heavy atom. The Hall–Kier alpha value is -1.47. The summed E-state index contributed by atoms with van der Waals surface area (Å²) in [4.78, 5) is 11.8. The van der Waals surface area contributed by atoms with E-state index in [2.05, 4.69) is 15.6 Å². The molecule has 2 rings (SSSR count). The van der Waals surface area contributed by atoms with E-state index in [0.29, 0.717) is 13.1 Å². The van der Waals surface area contributed by atoms with Crippen LogP contribution in [0.15, 0.2) is 6.20 Å². The first-order chi connectivity index (χ1) is 9.78. The summed E-state index contributed by atoms with van der Waals surface area (Å²) < 4.78 is 7.02. The maximum atomic E-state index is 11.8. The molecule has 1 aromatic heterocycles. The zero-order chi connectivity index (χ0) is 14.2. The largest absolute Gasteiger partial charge is 0.376 e. The number of unbranched alkanes of at least 4 members (excludes halogenated alkanes) is 1. The number of nitrogens with one attached hydrogen (secondary N) is 1. The van der Waals surface area contributed by atoms with Crippen molar-refractivity contribution in [2.24, 2.45) is 5.73 Å². The summed E-state index contributed by atoms with van der Waals surface area (Å²) in [5.74, 6) is -0.0566. The van der Waals surface area contributed by atoms with Gasteiger partial charge in [-0.05, 0) is 38.6 Å². The summed E-state index contributed by atoms with van der Waals surface area (Å²) in [6.45, 7) is 2.28. The first-order valence-corrected chi connectivity index (χ1v) is 7.25. The lowest BCUT2D eigenvalue weighted by Gasteiger charge is -2.10. The van der Waals surface area contributed by atoms with Gasteiger partial charge in [0.05, 0.1) is 11.8 Å². The fraction of sp³-hybridized carbons (Fsp3) is 0.769. The highest BCUT2D eigenvalue weighted by atomic mass is 16.5. The lowest BCUT2D eigenvalue weighted by atomic mass is 10.2. The Kier molecular flexibility index (Phi) is 5.94. The number of aryl methyl sites for hydroxylation is 1. The van der Waals surface area contributed by atoms with E-state index < -0.39 is 0 Å². The number of nitrogens with two attached hydrogens (primary N) is 1. The van der Waals surface area contributed by atoms with Crippen molar-refractivity contribution in [2.45, 2.75) is 44.8 Å². The number of amides is 1. The molecule has 2 heterocycles. The molecule has 1 unspecified atom stereocenters. The zero-order valence-electron chi connectivity index (χ0n) is 11.8. The van der Waals surface area contributed by atoms with Crippen LogP contribution in [0, 0.1) is 0 Å². The first kappa shape index (κ1) is 14.9. The van der Waals surface area contributed by atoms with Crippen LogP contribution in [0.25, 0.3) is 0 Å². The van der Waals surface area contributed by atoms with Gasteiger partial charge in [-0.3, -0.25) is 4.79 Å². The van der Waals surface area contributed by atoms with Gasteiger partial charge in [0.2, 0.25) is 5.91 Å². The molecule has 0 bridgehead atoms. The second kappa shape index (κ2) is 7.96. The Labute approximate surface area is 118 Å². The van der Waals surface area contributed by atoms with Gasteiger partial charge in [-0.2, -0.15) is 0 Å². The maximum absolute atomic E-state index is 11.8. The quantitative estimate of drug-likeness (QED) is 0.646. The number of ether oxygens (including phenoxy) is 1. The molecule has 1 aromatic rings. The molecule has 3 N–H and O–H groups in total. The third kappa shape index (κ3) is 4.90. The summed E-state index contributed by atoms with van der Waals surface area (Å²) in [7, 11) is 0. The van der Waals surface area contributed by atoms with Crippen LogP contribution in [0.3, 0.4) is 0 Å². The van der Waals surface area contributed by atoms with E-state index in [0.717, 1.165) is 44.4 Å². The van der Waals surface area contributed by atoms with Gasteiger partial charge in [0.15, 0.2) is 0 Å². The normalized spacial score (nSPS) is 18.4. The second-order valence-electron chi connectivity index (χ2n) is 5.09. The van der Waals surface area contributed by atoms with Crippen molar-refractivity contribution in [3.63, 3.8) is 0 Å². The van der Waals surface area contributed by atoms with Crippen LogP contribution in [-0.2, 0) is 22.5 Å². The molecule has 112 valence electrons. The van der Waals surface area contributed by atoms with E-state index in [9.17, 15) is 4.79 Å². The SMILES string of the molecule is NCCCCc1cn(CC(=O)NCC2CCCO2)nn1. The van der Waals surface area contributed by atoms with Gasteiger partial charge in [0.25, 0.3) is 0 Å². The Morgan fingerprint density at radius 2 is 2.45 bits per heavy atom. The van der Waals surface area contributed by atoms with Gasteiger partial charge in [-0.15, -0.1) is 5.10 Å². The number of aromatic nitrogens is 3. The average molecular weight is 281 g/mol. The van der Waals surface area contributed by atoms with Gasteiger partial charge in [0.1, 0.15) is 6.54 Å². The predicted octanol–water partition coefficient (Wildman–Crippen LogP) is -0.145. The number of carbonyl (C=O) groups is 1. The summed E-state index contributed by atoms with van der Waals surface area (Å²) >= 11 is 0. The van der Waals surface area contributed by atoms with Crippen molar-refractivity contribution in [1.82, 2.24) is 20.3 Å². The van der Waals surface area contributed by atoms with Crippen LogP contribution in [0.4, 0.5) is 0 Å². The van der Waals surface area contributed by atoms with Crippen molar-refractivity contribution < 1.29 is 9.53 Å². The monoisotopic (exact) mass is 281 g/mol. The zero-order valence-corrected chi connectivity index (χ0v) is 11.8. The maximum Gasteiger partial charge on any atom is 0.241 e. The fourth-order valence-electron chi connectivity index (χ4n) is 2.22. The van der Waals surface area contributed by atoms with E-state index in [1.165, 1.54) is 0 Å². The molecule has 0 aromatic carbocycles. The summed E-state index contributed by atoms with van der Waals surface area (Å²) in [6.07, 6.45) is 6.93. The van der Waals surface area contributed by atoms with Crippen LogP contribution < -0.4 is 11.1 Å². The third-order valence-electron chi connectivity index (χ3n) is 3.33. The molecule has 1 fully saturated rings. The molecular formula is C13H23N5O2. The van der Waals surface area contributed by atoms with Crippen molar-refractivity contribution in [2.75, 3.05) is 19.7 Å². The molecule has 1 aliphatic heterocycles. The molecule has 0 spiro atoms. The highest BCUT2D eigenvalue weighted by molar-refractivity contribution is 5.75. The molecule has 7 heteroatoms. The molecule has 1 amide bonds. The minimum absolute atomic E-state index is 0.0566. The number of hydrogen-bond donors (Lipinski definition) is 2. The molecule has 0 radical (unpaired) electrons. The standard InChI is InChI=1S/C13H23N5O2/c14-6-2-1-4-11-9-18(17-16-11)10-13(19)15-8-12-5-3-7-20-12/h9,12H,1-8,10,14H2,(H,15,19). The number of rotatable bonds is 8. The van der Waals surface area contributed by atoms with Gasteiger partial charge >= 0.3 is 0 Å². The fourth-order valence-corrected chi connectivity index (χ4v) is 2.22. The van der Waals surface area contributed by atoms with Crippen molar-refractivity contribution >= 4 is 5.91 Å². The van der Waals surface area contributed by atoms with E-state index in [-0.39, 0.29) is 18.6 Å². The number of nitrogens with zero attached hydrogens (tertiary/aromatic N) is 3. The molecule has 20 heavy (non-hydrogen) atoms. The Morgan fingerprint density at radius 1 is 1.55 bits per heavy atom. The van der Waals surface area contributed by atoms with Gasteiger partial charge in [-0.1, -0.05) is 5.21 Å². The Balaban J connectivity index is 1.67. The molecule has 7 nitrogen and oxygen atoms in total. The average Bonchev–Trinajstić information content (AvgIpc) is 3.08. The molecule has 1 aliphatic rings. The summed E-state index contributed by atoms with van der Waals surface area (Å²) in [6, 6.07) is 0. The summed E-state index contributed by atoms with van der Waals surface area (Å²) in [5, 5.41) is 10.9. The van der Waals surface area contributed by atoms with Gasteiger partial charge < -0.3 is 15.8 Å². The molecule has 1 saturated heterocycles. The topological polar surface area (TPSA) is 95.1 Å². The summed E-state index contributed by atoms with van der Waals surface area (Å²) in [5.41, 5.74) is 6.35. The van der Waals surface area contributed by atoms with E-state index in [1.54, 1.807) is 4.68 Å². The van der Waals surface area contributed by atoms with E-state index >= 15 is 0 Å². The minimum atomic E-state index is -0.0566. The van der Waals surface area contributed by atoms with Crippen LogP contribution in [0.1, 0.15) is 31.4 Å². The van der Waals surface area contributed by atoms with Crippen LogP contribution in [0.2, 0.25) is 0 Å². The smallest absolute Gasteiger partial charge is 0.241 e. The van der Waals surface area contributed by atoms with Crippen molar-refractivity contribution in [3.8, 4) is 0 Å². The lowest BCUT2D eigenvalue weighted by Crippen LogP contribution is -2.34.